The van der Waals surface area contributed by atoms with Gasteiger partial charge in [-0.3, -0.25) is 4.98 Å². The SMILES string of the molecule is CCCCCc1c(C)c(C#N)c2[nH]c3ccccc3[n+]2c1NCCC[NH+]1CCOCC1. The van der Waals surface area contributed by atoms with Gasteiger partial charge in [0, 0.05) is 12.0 Å². The van der Waals surface area contributed by atoms with Crippen LogP contribution in [-0.4, -0.2) is 44.4 Å². The highest BCUT2D eigenvalue weighted by molar-refractivity contribution is 5.78. The van der Waals surface area contributed by atoms with E-state index in [1.807, 2.05) is 6.07 Å². The van der Waals surface area contributed by atoms with Crippen molar-refractivity contribution in [2.45, 2.75) is 46.0 Å². The Labute approximate surface area is 184 Å². The van der Waals surface area contributed by atoms with E-state index in [4.69, 9.17) is 4.74 Å². The Morgan fingerprint density at radius 3 is 2.77 bits per heavy atom. The average Bonchev–Trinajstić information content (AvgIpc) is 3.18. The molecule has 3 heterocycles. The summed E-state index contributed by atoms with van der Waals surface area (Å²) in [5.74, 6) is 1.15. The minimum Gasteiger partial charge on any atom is -0.370 e. The van der Waals surface area contributed by atoms with E-state index in [0.29, 0.717) is 0 Å². The van der Waals surface area contributed by atoms with Crippen molar-refractivity contribution in [2.75, 3.05) is 44.7 Å². The molecular formula is C25H35N5O+2. The number of hydrogen-bond donors (Lipinski definition) is 3. The van der Waals surface area contributed by atoms with Crippen LogP contribution in [0.15, 0.2) is 24.3 Å². The molecule has 6 heteroatoms. The number of quaternary nitrogens is 1. The summed E-state index contributed by atoms with van der Waals surface area (Å²) in [7, 11) is 0. The van der Waals surface area contributed by atoms with E-state index in [-0.39, 0.29) is 0 Å². The van der Waals surface area contributed by atoms with Crippen LogP contribution < -0.4 is 14.6 Å². The molecule has 0 bridgehead atoms. The van der Waals surface area contributed by atoms with Crippen LogP contribution in [0, 0.1) is 18.3 Å². The molecule has 3 N–H and O–H groups in total. The van der Waals surface area contributed by atoms with Crippen molar-refractivity contribution >= 4 is 22.5 Å². The molecule has 0 unspecified atom stereocenters. The van der Waals surface area contributed by atoms with E-state index in [9.17, 15) is 5.26 Å². The zero-order valence-corrected chi connectivity index (χ0v) is 18.9. The zero-order valence-electron chi connectivity index (χ0n) is 18.9. The second-order valence-corrected chi connectivity index (χ2v) is 8.61. The van der Waals surface area contributed by atoms with Gasteiger partial charge in [0.05, 0.1) is 26.3 Å². The third-order valence-corrected chi connectivity index (χ3v) is 6.54. The summed E-state index contributed by atoms with van der Waals surface area (Å²) in [5.41, 5.74) is 6.21. The number of pyridine rings is 1. The second kappa shape index (κ2) is 10.1. The molecular weight excluding hydrogens is 386 g/mol. The van der Waals surface area contributed by atoms with Gasteiger partial charge in [-0.1, -0.05) is 31.9 Å². The number of unbranched alkanes of at least 4 members (excludes halogenated alkanes) is 2. The van der Waals surface area contributed by atoms with E-state index in [0.717, 1.165) is 85.7 Å². The van der Waals surface area contributed by atoms with Crippen molar-refractivity contribution in [1.29, 1.82) is 5.26 Å². The molecule has 1 fully saturated rings. The number of hydrogen-bond acceptors (Lipinski definition) is 3. The maximum absolute atomic E-state index is 9.97. The van der Waals surface area contributed by atoms with E-state index in [1.54, 1.807) is 4.90 Å². The number of nitrogens with one attached hydrogen (secondary N) is 3. The lowest BCUT2D eigenvalue weighted by Crippen LogP contribution is -3.14. The van der Waals surface area contributed by atoms with Crippen molar-refractivity contribution in [3.63, 3.8) is 0 Å². The van der Waals surface area contributed by atoms with E-state index in [1.165, 1.54) is 24.9 Å². The number of ether oxygens (including phenoxy) is 1. The Morgan fingerprint density at radius 1 is 1.19 bits per heavy atom. The summed E-state index contributed by atoms with van der Waals surface area (Å²) in [6.07, 6.45) is 5.65. The summed E-state index contributed by atoms with van der Waals surface area (Å²) < 4.78 is 7.72. The number of aromatic amines is 1. The third kappa shape index (κ3) is 4.53. The molecule has 164 valence electrons. The first-order chi connectivity index (χ1) is 15.2. The molecule has 3 aromatic rings. The lowest BCUT2D eigenvalue weighted by molar-refractivity contribution is -0.908. The highest BCUT2D eigenvalue weighted by Gasteiger charge is 2.25. The monoisotopic (exact) mass is 421 g/mol. The van der Waals surface area contributed by atoms with Gasteiger partial charge < -0.3 is 15.0 Å². The molecule has 2 aromatic heterocycles. The van der Waals surface area contributed by atoms with Crippen LogP contribution in [0.4, 0.5) is 5.82 Å². The van der Waals surface area contributed by atoms with Crippen LogP contribution >= 0.6 is 0 Å². The van der Waals surface area contributed by atoms with Gasteiger partial charge in [0.15, 0.2) is 0 Å². The van der Waals surface area contributed by atoms with E-state index in [2.05, 4.69) is 52.8 Å². The Hall–Kier alpha value is -2.62. The van der Waals surface area contributed by atoms with Crippen LogP contribution in [0.3, 0.4) is 0 Å². The van der Waals surface area contributed by atoms with Gasteiger partial charge in [0.25, 0.3) is 0 Å². The zero-order chi connectivity index (χ0) is 21.6. The van der Waals surface area contributed by atoms with Crippen LogP contribution in [0.5, 0.6) is 0 Å². The first-order valence-electron chi connectivity index (χ1n) is 11.8. The molecule has 0 spiro atoms. The maximum Gasteiger partial charge on any atom is 0.250 e. The Balaban J connectivity index is 1.69. The summed E-state index contributed by atoms with van der Waals surface area (Å²) in [6.45, 7) is 10.4. The van der Waals surface area contributed by atoms with Gasteiger partial charge in [0.1, 0.15) is 35.8 Å². The predicted molar refractivity (Wildman–Crippen MR) is 124 cm³/mol. The Bertz CT molecular complexity index is 1080. The fourth-order valence-electron chi connectivity index (χ4n) is 4.76. The van der Waals surface area contributed by atoms with Gasteiger partial charge in [-0.25, -0.2) is 0 Å². The normalized spacial score (nSPS) is 14.9. The number of nitrogens with zero attached hydrogens (tertiary/aromatic N) is 2. The molecule has 0 radical (unpaired) electrons. The molecule has 0 atom stereocenters. The number of aromatic nitrogens is 2. The van der Waals surface area contributed by atoms with Crippen LogP contribution in [0.2, 0.25) is 0 Å². The van der Waals surface area contributed by atoms with Gasteiger partial charge in [-0.2, -0.15) is 9.66 Å². The maximum atomic E-state index is 9.97. The topological polar surface area (TPSA) is 69.4 Å². The Kier molecular flexibility index (Phi) is 7.06. The minimum atomic E-state index is 0.756. The van der Waals surface area contributed by atoms with Gasteiger partial charge in [0.2, 0.25) is 11.5 Å². The van der Waals surface area contributed by atoms with Crippen LogP contribution in [-0.2, 0) is 11.2 Å². The van der Waals surface area contributed by atoms with Gasteiger partial charge >= 0.3 is 0 Å². The minimum absolute atomic E-state index is 0.756. The lowest BCUT2D eigenvalue weighted by Gasteiger charge is -2.23. The molecule has 6 nitrogen and oxygen atoms in total. The van der Waals surface area contributed by atoms with Crippen LogP contribution in [0.25, 0.3) is 16.7 Å². The first kappa shape index (κ1) is 21.6. The number of fused-ring (bicyclic) bond motifs is 3. The largest absolute Gasteiger partial charge is 0.370 e. The number of nitriles is 1. The predicted octanol–water partition coefficient (Wildman–Crippen LogP) is 2.54. The van der Waals surface area contributed by atoms with Crippen molar-refractivity contribution < 1.29 is 14.0 Å². The van der Waals surface area contributed by atoms with Crippen molar-refractivity contribution in [2.24, 2.45) is 0 Å². The molecule has 0 aliphatic carbocycles. The number of para-hydroxylation sites is 2. The number of benzene rings is 1. The smallest absolute Gasteiger partial charge is 0.250 e. The Morgan fingerprint density at radius 2 is 2.00 bits per heavy atom. The summed E-state index contributed by atoms with van der Waals surface area (Å²) >= 11 is 0. The lowest BCUT2D eigenvalue weighted by atomic mass is 9.99. The summed E-state index contributed by atoms with van der Waals surface area (Å²) in [5, 5.41) is 13.8. The molecule has 4 rings (SSSR count). The molecule has 1 saturated heterocycles. The van der Waals surface area contributed by atoms with Crippen molar-refractivity contribution in [3.8, 4) is 6.07 Å². The molecule has 1 aliphatic rings. The van der Waals surface area contributed by atoms with Crippen molar-refractivity contribution in [1.82, 2.24) is 4.98 Å². The summed E-state index contributed by atoms with van der Waals surface area (Å²) in [4.78, 5) is 5.13. The van der Waals surface area contributed by atoms with Gasteiger partial charge in [-0.05, 0) is 37.5 Å². The number of imidazole rings is 1. The van der Waals surface area contributed by atoms with E-state index < -0.39 is 0 Å². The van der Waals surface area contributed by atoms with Crippen LogP contribution in [0.1, 0.15) is 49.3 Å². The summed E-state index contributed by atoms with van der Waals surface area (Å²) in [6, 6.07) is 10.8. The number of H-pyrrole nitrogens is 1. The van der Waals surface area contributed by atoms with E-state index >= 15 is 0 Å². The molecule has 1 aromatic carbocycles. The fourth-order valence-corrected chi connectivity index (χ4v) is 4.76. The first-order valence-corrected chi connectivity index (χ1v) is 11.8. The number of anilines is 1. The second-order valence-electron chi connectivity index (χ2n) is 8.61. The number of rotatable bonds is 9. The standard InChI is InChI=1S/C25H33N5O/c1-3-4-5-9-20-19(2)21(18-26)25-28-22-10-6-7-11-23(22)30(25)24(20)27-12-8-13-29-14-16-31-17-15-29/h6-7,10-11H,3-5,8-9,12-17H2,1-2H3,(H,27,28)/p+2. The highest BCUT2D eigenvalue weighted by Crippen LogP contribution is 2.27. The van der Waals surface area contributed by atoms with Crippen molar-refractivity contribution in [3.05, 3.63) is 41.0 Å². The molecule has 0 saturated carbocycles. The molecule has 31 heavy (non-hydrogen) atoms. The van der Waals surface area contributed by atoms with Gasteiger partial charge in [-0.15, -0.1) is 0 Å². The highest BCUT2D eigenvalue weighted by atomic mass is 16.5. The average molecular weight is 422 g/mol. The quantitative estimate of drug-likeness (QED) is 0.367. The molecule has 0 amide bonds. The number of morpholine rings is 1. The third-order valence-electron chi connectivity index (χ3n) is 6.54. The molecule has 1 aliphatic heterocycles. The fraction of sp³-hybridized carbons (Fsp3) is 0.520.